The van der Waals surface area contributed by atoms with E-state index in [9.17, 15) is 24.6 Å². The number of hydrogen-bond donors (Lipinski definition) is 2. The molecule has 2 aromatic rings. The van der Waals surface area contributed by atoms with Gasteiger partial charge < -0.3 is 24.9 Å². The number of hydrogen-bond acceptors (Lipinski definition) is 6. The highest BCUT2D eigenvalue weighted by Gasteiger charge is 2.77. The number of fused-ring (bicyclic) bond motifs is 1. The van der Waals surface area contributed by atoms with E-state index >= 15 is 0 Å². The van der Waals surface area contributed by atoms with Crippen LogP contribution in [0.3, 0.4) is 0 Å². The van der Waals surface area contributed by atoms with Crippen molar-refractivity contribution in [1.29, 1.82) is 0 Å². The van der Waals surface area contributed by atoms with E-state index in [1.165, 1.54) is 11.8 Å². The Hall–Kier alpha value is -3.30. The smallest absolute Gasteiger partial charge is 0.308 e. The van der Waals surface area contributed by atoms with Crippen LogP contribution in [0.25, 0.3) is 0 Å². The minimum absolute atomic E-state index is 0.0531. The molecule has 2 bridgehead atoms. The van der Waals surface area contributed by atoms with Crippen LogP contribution in [-0.2, 0) is 20.8 Å². The second-order valence-corrected chi connectivity index (χ2v) is 13.1. The predicted octanol–water partition coefficient (Wildman–Crippen LogP) is 4.08. The lowest BCUT2D eigenvalue weighted by molar-refractivity contribution is -0.149. The standard InChI is InChI=1S/C33H41N3O5S/c1-5-17-35(24-15-13-23(14-16-24)34(6-2)7-3)31(39)29-33-21(4)18-26(42-33)27(32(40)41)28(33)30(38)36(29)25(20-37)19-22-11-9-8-10-12-22/h5,8-16,21,25-29,37H,1,6-7,17-20H2,2-4H3,(H,40,41)/t21?,25-,26+,27-,28+,29?,33?/m1/s1. The van der Waals surface area contributed by atoms with E-state index in [4.69, 9.17) is 0 Å². The third-order valence-electron chi connectivity index (χ3n) is 9.49. The highest BCUT2D eigenvalue weighted by Crippen LogP contribution is 2.69. The molecule has 5 rings (SSSR count). The number of thioether (sulfide) groups is 1. The highest BCUT2D eigenvalue weighted by atomic mass is 32.2. The number of carbonyl (C=O) groups excluding carboxylic acids is 2. The molecule has 0 aliphatic carbocycles. The molecule has 3 saturated heterocycles. The van der Waals surface area contributed by atoms with Crippen molar-refractivity contribution in [1.82, 2.24) is 4.90 Å². The van der Waals surface area contributed by atoms with Crippen LogP contribution in [-0.4, -0.2) is 81.2 Å². The van der Waals surface area contributed by atoms with E-state index in [-0.39, 0.29) is 36.1 Å². The number of aliphatic hydroxyl groups excluding tert-OH is 1. The summed E-state index contributed by atoms with van der Waals surface area (Å²) in [5.74, 6) is -3.35. The topological polar surface area (TPSA) is 101 Å². The summed E-state index contributed by atoms with van der Waals surface area (Å²) in [5.41, 5.74) is 2.67. The van der Waals surface area contributed by atoms with Gasteiger partial charge in [0.1, 0.15) is 6.04 Å². The number of nitrogens with zero attached hydrogens (tertiary/aromatic N) is 3. The van der Waals surface area contributed by atoms with E-state index < -0.39 is 34.6 Å². The molecule has 3 aliphatic heterocycles. The fraction of sp³-hybridized carbons (Fsp3) is 0.485. The Morgan fingerprint density at radius 1 is 1.12 bits per heavy atom. The third-order valence-corrected chi connectivity index (χ3v) is 11.6. The van der Waals surface area contributed by atoms with Crippen molar-refractivity contribution < 1.29 is 24.6 Å². The van der Waals surface area contributed by atoms with E-state index in [0.717, 1.165) is 24.3 Å². The fourth-order valence-electron chi connectivity index (χ4n) is 7.58. The summed E-state index contributed by atoms with van der Waals surface area (Å²) < 4.78 is -0.896. The molecule has 0 aromatic heterocycles. The van der Waals surface area contributed by atoms with Gasteiger partial charge in [-0.2, -0.15) is 0 Å². The maximum Gasteiger partial charge on any atom is 0.308 e. The van der Waals surface area contributed by atoms with Crippen LogP contribution in [0.5, 0.6) is 0 Å². The third kappa shape index (κ3) is 4.80. The first-order valence-electron chi connectivity index (χ1n) is 14.9. The molecule has 2 amide bonds. The van der Waals surface area contributed by atoms with Gasteiger partial charge >= 0.3 is 5.97 Å². The zero-order valence-corrected chi connectivity index (χ0v) is 25.4. The fourth-order valence-corrected chi connectivity index (χ4v) is 9.98. The lowest BCUT2D eigenvalue weighted by Crippen LogP contribution is -2.59. The van der Waals surface area contributed by atoms with Gasteiger partial charge in [-0.1, -0.05) is 43.3 Å². The molecule has 3 heterocycles. The number of rotatable bonds is 12. The van der Waals surface area contributed by atoms with Crippen LogP contribution >= 0.6 is 11.8 Å². The second-order valence-electron chi connectivity index (χ2n) is 11.6. The van der Waals surface area contributed by atoms with E-state index in [2.05, 4.69) is 25.3 Å². The molecular weight excluding hydrogens is 550 g/mol. The normalized spacial score (nSPS) is 28.4. The molecule has 0 saturated carbocycles. The molecule has 7 atom stereocenters. The minimum atomic E-state index is -0.994. The molecule has 2 N–H and O–H groups in total. The second kappa shape index (κ2) is 12.1. The van der Waals surface area contributed by atoms with Crippen LogP contribution < -0.4 is 9.80 Å². The maximum absolute atomic E-state index is 14.9. The van der Waals surface area contributed by atoms with Crippen molar-refractivity contribution in [2.24, 2.45) is 17.8 Å². The quantitative estimate of drug-likeness (QED) is 0.359. The van der Waals surface area contributed by atoms with Crippen LogP contribution in [0.15, 0.2) is 67.3 Å². The maximum atomic E-state index is 14.9. The van der Waals surface area contributed by atoms with Crippen LogP contribution in [0.4, 0.5) is 11.4 Å². The van der Waals surface area contributed by atoms with Gasteiger partial charge in [-0.25, -0.2) is 0 Å². The lowest BCUT2D eigenvalue weighted by atomic mass is 9.66. The molecule has 9 heteroatoms. The number of aliphatic carboxylic acids is 1. The summed E-state index contributed by atoms with van der Waals surface area (Å²) in [6.07, 6.45) is 2.66. The van der Waals surface area contributed by atoms with Gasteiger partial charge in [-0.15, -0.1) is 18.3 Å². The van der Waals surface area contributed by atoms with Crippen molar-refractivity contribution in [3.63, 3.8) is 0 Å². The van der Waals surface area contributed by atoms with Crippen LogP contribution in [0.1, 0.15) is 32.8 Å². The Bertz CT molecular complexity index is 1320. The Labute approximate surface area is 252 Å². The Balaban J connectivity index is 1.60. The molecule has 1 spiro atoms. The number of anilines is 2. The number of likely N-dealkylation sites (tertiary alicyclic amines) is 1. The van der Waals surface area contributed by atoms with Gasteiger partial charge in [0.15, 0.2) is 0 Å². The average Bonchev–Trinajstić information content (AvgIpc) is 3.59. The van der Waals surface area contributed by atoms with E-state index in [1.807, 2.05) is 61.5 Å². The summed E-state index contributed by atoms with van der Waals surface area (Å²) in [5, 5.41) is 20.7. The summed E-state index contributed by atoms with van der Waals surface area (Å²) in [6, 6.07) is 15.8. The van der Waals surface area contributed by atoms with Gasteiger partial charge in [0, 0.05) is 36.3 Å². The molecule has 224 valence electrons. The molecule has 8 nitrogen and oxygen atoms in total. The first-order valence-corrected chi connectivity index (χ1v) is 15.8. The van der Waals surface area contributed by atoms with Crippen molar-refractivity contribution in [3.05, 3.63) is 72.8 Å². The van der Waals surface area contributed by atoms with Crippen LogP contribution in [0, 0.1) is 17.8 Å². The predicted molar refractivity (Wildman–Crippen MR) is 167 cm³/mol. The zero-order valence-electron chi connectivity index (χ0n) is 24.6. The average molecular weight is 592 g/mol. The first kappa shape index (κ1) is 30.2. The van der Waals surface area contributed by atoms with Gasteiger partial charge in [0.05, 0.1) is 29.2 Å². The van der Waals surface area contributed by atoms with E-state index in [0.29, 0.717) is 18.5 Å². The summed E-state index contributed by atoms with van der Waals surface area (Å²) >= 11 is 1.51. The molecule has 3 fully saturated rings. The van der Waals surface area contributed by atoms with Crippen molar-refractivity contribution >= 4 is 40.9 Å². The lowest BCUT2D eigenvalue weighted by Gasteiger charge is -2.42. The summed E-state index contributed by atoms with van der Waals surface area (Å²) in [6.45, 7) is 11.7. The van der Waals surface area contributed by atoms with Crippen LogP contribution in [0.2, 0.25) is 0 Å². The van der Waals surface area contributed by atoms with Gasteiger partial charge in [-0.3, -0.25) is 14.4 Å². The van der Waals surface area contributed by atoms with Gasteiger partial charge in [0.25, 0.3) is 5.91 Å². The van der Waals surface area contributed by atoms with Crippen molar-refractivity contribution in [2.45, 2.75) is 55.7 Å². The molecule has 3 aliphatic rings. The highest BCUT2D eigenvalue weighted by molar-refractivity contribution is 8.02. The summed E-state index contributed by atoms with van der Waals surface area (Å²) in [4.78, 5) is 47.2. The molecular formula is C33H41N3O5S. The SMILES string of the molecule is C=CCN(C(=O)C1N([C@@H](CO)Cc2ccccc2)C(=O)[C@@H]2[C@H](C(=O)O)[C@@H]3CC(C)C12S3)c1ccc(N(CC)CC)cc1. The minimum Gasteiger partial charge on any atom is -0.481 e. The number of aliphatic hydroxyl groups is 1. The molecule has 42 heavy (non-hydrogen) atoms. The summed E-state index contributed by atoms with van der Waals surface area (Å²) in [7, 11) is 0. The monoisotopic (exact) mass is 591 g/mol. The Morgan fingerprint density at radius 2 is 1.76 bits per heavy atom. The first-order chi connectivity index (χ1) is 20.2. The Kier molecular flexibility index (Phi) is 8.71. The zero-order chi connectivity index (χ0) is 30.2. The number of benzene rings is 2. The molecule has 2 aromatic carbocycles. The Morgan fingerprint density at radius 3 is 2.33 bits per heavy atom. The number of carboxylic acid groups (broad SMARTS) is 1. The number of carbonyl (C=O) groups is 3. The molecule has 0 radical (unpaired) electrons. The number of amides is 2. The van der Waals surface area contributed by atoms with Crippen molar-refractivity contribution in [3.8, 4) is 0 Å². The van der Waals surface area contributed by atoms with Crippen molar-refractivity contribution in [2.75, 3.05) is 36.0 Å². The van der Waals surface area contributed by atoms with E-state index in [1.54, 1.807) is 15.9 Å². The number of carboxylic acids is 1. The largest absolute Gasteiger partial charge is 0.481 e. The van der Waals surface area contributed by atoms with Gasteiger partial charge in [-0.05, 0) is 62.4 Å². The van der Waals surface area contributed by atoms with Gasteiger partial charge in [0.2, 0.25) is 5.91 Å². The molecule has 3 unspecified atom stereocenters.